The number of carbonyl (C=O) groups excluding carboxylic acids is 2. The lowest BCUT2D eigenvalue weighted by atomic mass is 10.1. The summed E-state index contributed by atoms with van der Waals surface area (Å²) in [7, 11) is -4.10. The first-order chi connectivity index (χ1) is 18.4. The molecule has 3 rings (SSSR count). The molecule has 0 bridgehead atoms. The second-order valence-corrected chi connectivity index (χ2v) is 12.0. The standard InChI is InChI=1S/C30H36ClN3O4S/c1-6-22(3)32-30(36)24(5)33(19-25-15-17-26(31)18-16-25)29(35)20-34(28-14-10-11-21(2)23(28)4)39(37,38)27-12-8-7-9-13-27/h7-18,22,24H,6,19-20H2,1-5H3,(H,32,36). The van der Waals surface area contributed by atoms with Crippen molar-refractivity contribution in [1.82, 2.24) is 10.2 Å². The minimum absolute atomic E-state index is 0.0719. The van der Waals surface area contributed by atoms with Gasteiger partial charge in [-0.1, -0.05) is 61.0 Å². The molecule has 7 nitrogen and oxygen atoms in total. The third-order valence-electron chi connectivity index (χ3n) is 6.89. The highest BCUT2D eigenvalue weighted by Gasteiger charge is 2.33. The molecule has 0 aromatic heterocycles. The van der Waals surface area contributed by atoms with E-state index < -0.39 is 28.5 Å². The van der Waals surface area contributed by atoms with Crippen molar-refractivity contribution in [2.75, 3.05) is 10.8 Å². The molecule has 0 saturated carbocycles. The fraction of sp³-hybridized carbons (Fsp3) is 0.333. The van der Waals surface area contributed by atoms with Crippen LogP contribution >= 0.6 is 11.6 Å². The van der Waals surface area contributed by atoms with Crippen molar-refractivity contribution in [3.05, 3.63) is 94.5 Å². The molecule has 0 fully saturated rings. The molecule has 0 spiro atoms. The Balaban J connectivity index is 2.05. The maximum absolute atomic E-state index is 14.0. The van der Waals surface area contributed by atoms with Crippen molar-refractivity contribution < 1.29 is 18.0 Å². The Morgan fingerprint density at radius 2 is 1.56 bits per heavy atom. The number of nitrogens with one attached hydrogen (secondary N) is 1. The van der Waals surface area contributed by atoms with E-state index in [0.717, 1.165) is 27.4 Å². The van der Waals surface area contributed by atoms with E-state index >= 15 is 0 Å². The Morgan fingerprint density at radius 3 is 2.18 bits per heavy atom. The number of carbonyl (C=O) groups is 2. The maximum Gasteiger partial charge on any atom is 0.264 e. The number of rotatable bonds is 11. The van der Waals surface area contributed by atoms with Gasteiger partial charge in [-0.3, -0.25) is 13.9 Å². The van der Waals surface area contributed by atoms with Gasteiger partial charge >= 0.3 is 0 Å². The van der Waals surface area contributed by atoms with Crippen LogP contribution in [-0.2, 0) is 26.2 Å². The van der Waals surface area contributed by atoms with Gasteiger partial charge in [0.25, 0.3) is 10.0 Å². The summed E-state index contributed by atoms with van der Waals surface area (Å²) in [5.74, 6) is -0.812. The van der Waals surface area contributed by atoms with Crippen LogP contribution in [0.15, 0.2) is 77.7 Å². The van der Waals surface area contributed by atoms with Gasteiger partial charge < -0.3 is 10.2 Å². The highest BCUT2D eigenvalue weighted by molar-refractivity contribution is 7.92. The quantitative estimate of drug-likeness (QED) is 0.331. The van der Waals surface area contributed by atoms with Crippen LogP contribution in [0.5, 0.6) is 0 Å². The van der Waals surface area contributed by atoms with Gasteiger partial charge in [0.2, 0.25) is 11.8 Å². The van der Waals surface area contributed by atoms with Gasteiger partial charge in [-0.2, -0.15) is 0 Å². The van der Waals surface area contributed by atoms with Gasteiger partial charge in [0.15, 0.2) is 0 Å². The third-order valence-corrected chi connectivity index (χ3v) is 8.92. The minimum Gasteiger partial charge on any atom is -0.352 e. The van der Waals surface area contributed by atoms with E-state index in [9.17, 15) is 18.0 Å². The highest BCUT2D eigenvalue weighted by Crippen LogP contribution is 2.29. The normalized spacial score (nSPS) is 12.9. The molecule has 0 aliphatic rings. The second-order valence-electron chi connectivity index (χ2n) is 9.69. The molecular formula is C30H36ClN3O4S. The summed E-state index contributed by atoms with van der Waals surface area (Å²) in [6, 6.07) is 19.5. The average Bonchev–Trinajstić information content (AvgIpc) is 2.92. The predicted molar refractivity (Wildman–Crippen MR) is 156 cm³/mol. The van der Waals surface area contributed by atoms with Gasteiger partial charge in [0, 0.05) is 17.6 Å². The number of anilines is 1. The van der Waals surface area contributed by atoms with Gasteiger partial charge in [0.1, 0.15) is 12.6 Å². The van der Waals surface area contributed by atoms with Crippen molar-refractivity contribution in [3.63, 3.8) is 0 Å². The van der Waals surface area contributed by atoms with Crippen LogP contribution in [0.2, 0.25) is 5.02 Å². The van der Waals surface area contributed by atoms with Crippen LogP contribution in [0, 0.1) is 13.8 Å². The lowest BCUT2D eigenvalue weighted by Gasteiger charge is -2.33. The molecule has 2 unspecified atom stereocenters. The van der Waals surface area contributed by atoms with E-state index in [0.29, 0.717) is 10.7 Å². The van der Waals surface area contributed by atoms with E-state index in [4.69, 9.17) is 11.6 Å². The van der Waals surface area contributed by atoms with Crippen LogP contribution in [0.1, 0.15) is 43.9 Å². The first-order valence-electron chi connectivity index (χ1n) is 12.9. The molecule has 1 N–H and O–H groups in total. The Labute approximate surface area is 236 Å². The van der Waals surface area contributed by atoms with Crippen LogP contribution in [0.4, 0.5) is 5.69 Å². The van der Waals surface area contributed by atoms with Gasteiger partial charge in [-0.05, 0) is 81.1 Å². The number of hydrogen-bond donors (Lipinski definition) is 1. The van der Waals surface area contributed by atoms with Crippen molar-refractivity contribution in [2.45, 2.75) is 64.6 Å². The van der Waals surface area contributed by atoms with E-state index in [1.807, 2.05) is 33.8 Å². The van der Waals surface area contributed by atoms with Crippen molar-refractivity contribution in [3.8, 4) is 0 Å². The lowest BCUT2D eigenvalue weighted by molar-refractivity contribution is -0.139. The number of benzene rings is 3. The van der Waals surface area contributed by atoms with Crippen molar-refractivity contribution in [1.29, 1.82) is 0 Å². The van der Waals surface area contributed by atoms with Crippen molar-refractivity contribution >= 4 is 39.1 Å². The number of sulfonamides is 1. The summed E-state index contributed by atoms with van der Waals surface area (Å²) in [4.78, 5) is 28.6. The largest absolute Gasteiger partial charge is 0.352 e. The first kappa shape index (κ1) is 30.2. The summed E-state index contributed by atoms with van der Waals surface area (Å²) >= 11 is 6.05. The third kappa shape index (κ3) is 7.40. The summed E-state index contributed by atoms with van der Waals surface area (Å²) in [5, 5.41) is 3.48. The van der Waals surface area contributed by atoms with Gasteiger partial charge in [0.05, 0.1) is 10.6 Å². The van der Waals surface area contributed by atoms with Crippen molar-refractivity contribution in [2.24, 2.45) is 0 Å². The summed E-state index contributed by atoms with van der Waals surface area (Å²) in [5.41, 5.74) is 2.82. The average molecular weight is 570 g/mol. The SMILES string of the molecule is CCC(C)NC(=O)C(C)N(Cc1ccc(Cl)cc1)C(=O)CN(c1cccc(C)c1C)S(=O)(=O)c1ccccc1. The molecule has 208 valence electrons. The topological polar surface area (TPSA) is 86.8 Å². The molecule has 2 atom stereocenters. The smallest absolute Gasteiger partial charge is 0.264 e. The summed E-state index contributed by atoms with van der Waals surface area (Å²) in [6.07, 6.45) is 0.735. The summed E-state index contributed by atoms with van der Waals surface area (Å²) < 4.78 is 28.9. The molecule has 2 amide bonds. The summed E-state index contributed by atoms with van der Waals surface area (Å²) in [6.45, 7) is 8.86. The molecule has 0 aliphatic carbocycles. The number of halogens is 1. The zero-order valence-corrected chi connectivity index (χ0v) is 24.6. The number of aryl methyl sites for hydroxylation is 1. The molecule has 39 heavy (non-hydrogen) atoms. The minimum atomic E-state index is -4.10. The molecule has 9 heteroatoms. The molecule has 3 aromatic rings. The lowest BCUT2D eigenvalue weighted by Crippen LogP contribution is -2.52. The fourth-order valence-corrected chi connectivity index (χ4v) is 5.69. The highest BCUT2D eigenvalue weighted by atomic mass is 35.5. The van der Waals surface area contributed by atoms with Crippen LogP contribution in [-0.4, -0.2) is 43.8 Å². The Kier molecular flexibility index (Phi) is 10.2. The van der Waals surface area contributed by atoms with Gasteiger partial charge in [-0.25, -0.2) is 8.42 Å². The zero-order valence-electron chi connectivity index (χ0n) is 23.0. The number of amides is 2. The maximum atomic E-state index is 14.0. The number of hydrogen-bond acceptors (Lipinski definition) is 4. The Morgan fingerprint density at radius 1 is 0.923 bits per heavy atom. The Hall–Kier alpha value is -3.36. The molecule has 0 radical (unpaired) electrons. The second kappa shape index (κ2) is 13.1. The van der Waals surface area contributed by atoms with Gasteiger partial charge in [-0.15, -0.1) is 0 Å². The van der Waals surface area contributed by atoms with E-state index in [1.165, 1.54) is 17.0 Å². The molecule has 3 aromatic carbocycles. The molecule has 0 saturated heterocycles. The molecule has 0 heterocycles. The van der Waals surface area contributed by atoms with E-state index in [2.05, 4.69) is 5.32 Å². The zero-order chi connectivity index (χ0) is 28.7. The first-order valence-corrected chi connectivity index (χ1v) is 14.8. The molecular weight excluding hydrogens is 534 g/mol. The molecule has 0 aliphatic heterocycles. The monoisotopic (exact) mass is 569 g/mol. The number of nitrogens with zero attached hydrogens (tertiary/aromatic N) is 2. The van der Waals surface area contributed by atoms with Crippen LogP contribution in [0.3, 0.4) is 0 Å². The van der Waals surface area contributed by atoms with E-state index in [1.54, 1.807) is 61.5 Å². The van der Waals surface area contributed by atoms with E-state index in [-0.39, 0.29) is 23.4 Å². The Bertz CT molecular complexity index is 1400. The van der Waals surface area contributed by atoms with Crippen LogP contribution < -0.4 is 9.62 Å². The fourth-order valence-electron chi connectivity index (χ4n) is 4.07. The predicted octanol–water partition coefficient (Wildman–Crippen LogP) is 5.48. The van der Waals surface area contributed by atoms with Crippen LogP contribution in [0.25, 0.3) is 0 Å².